The van der Waals surface area contributed by atoms with Crippen molar-refractivity contribution < 1.29 is 0 Å². The normalized spacial score (nSPS) is 10.8. The van der Waals surface area contributed by atoms with E-state index in [0.29, 0.717) is 15.7 Å². The molecule has 84 valence electrons. The van der Waals surface area contributed by atoms with E-state index in [4.69, 9.17) is 0 Å². The molecule has 0 saturated heterocycles. The minimum atomic E-state index is -0.384. The van der Waals surface area contributed by atoms with Crippen molar-refractivity contribution >= 4 is 22.9 Å². The number of rotatable bonds is 2. The average Bonchev–Trinajstić information content (AvgIpc) is 2.78. The van der Waals surface area contributed by atoms with Crippen molar-refractivity contribution in [3.05, 3.63) is 35.4 Å². The van der Waals surface area contributed by atoms with Gasteiger partial charge in [-0.1, -0.05) is 0 Å². The zero-order chi connectivity index (χ0) is 11.7. The number of nitrogens with zero attached hydrogens (tertiary/aromatic N) is 4. The summed E-state index contributed by atoms with van der Waals surface area (Å²) in [6.45, 7) is 0. The molecule has 0 atom stereocenters. The molecule has 0 aromatic carbocycles. The van der Waals surface area contributed by atoms with Crippen molar-refractivity contribution in [2.75, 3.05) is 0 Å². The third-order valence-electron chi connectivity index (χ3n) is 2.04. The van der Waals surface area contributed by atoms with Crippen LogP contribution >= 0.6 is 11.8 Å². The predicted molar refractivity (Wildman–Crippen MR) is 60.7 cm³/mol. The van der Waals surface area contributed by atoms with Crippen LogP contribution in [0.25, 0.3) is 11.2 Å². The molecule has 3 aromatic heterocycles. The second-order valence-electron chi connectivity index (χ2n) is 3.12. The summed E-state index contributed by atoms with van der Waals surface area (Å²) in [6.07, 6.45) is 4.44. The molecule has 0 unspecified atom stereocenters. The Kier molecular flexibility index (Phi) is 2.33. The van der Waals surface area contributed by atoms with Gasteiger partial charge in [0, 0.05) is 6.20 Å². The molecule has 17 heavy (non-hydrogen) atoms. The summed E-state index contributed by atoms with van der Waals surface area (Å²) in [5.74, 6) is 0. The Bertz CT molecular complexity index is 720. The topological polar surface area (TPSA) is 100 Å². The Morgan fingerprint density at radius 2 is 2.12 bits per heavy atom. The van der Waals surface area contributed by atoms with E-state index < -0.39 is 0 Å². The van der Waals surface area contributed by atoms with E-state index in [0.717, 1.165) is 5.52 Å². The first-order valence-corrected chi connectivity index (χ1v) is 5.52. The molecule has 0 aliphatic heterocycles. The number of aromatic amines is 2. The molecule has 0 fully saturated rings. The van der Waals surface area contributed by atoms with Crippen LogP contribution < -0.4 is 5.69 Å². The molecule has 0 bridgehead atoms. The molecule has 0 spiro atoms. The van der Waals surface area contributed by atoms with Gasteiger partial charge in [-0.3, -0.25) is 0 Å². The van der Waals surface area contributed by atoms with Crippen LogP contribution in [-0.4, -0.2) is 29.9 Å². The summed E-state index contributed by atoms with van der Waals surface area (Å²) >= 11 is 1.32. The Hall–Kier alpha value is -2.22. The summed E-state index contributed by atoms with van der Waals surface area (Å²) in [5, 5.41) is 1.37. The Balaban J connectivity index is 2.05. The maximum Gasteiger partial charge on any atom is 0.345 e. The molecule has 0 aliphatic carbocycles. The van der Waals surface area contributed by atoms with E-state index in [1.54, 1.807) is 12.4 Å². The summed E-state index contributed by atoms with van der Waals surface area (Å²) in [7, 11) is 0. The monoisotopic (exact) mass is 246 g/mol. The molecule has 8 heteroatoms. The Morgan fingerprint density at radius 1 is 1.18 bits per heavy atom. The van der Waals surface area contributed by atoms with E-state index >= 15 is 0 Å². The first-order valence-electron chi connectivity index (χ1n) is 4.70. The first kappa shape index (κ1) is 9.97. The molecule has 0 amide bonds. The quantitative estimate of drug-likeness (QED) is 0.642. The van der Waals surface area contributed by atoms with E-state index in [2.05, 4.69) is 29.9 Å². The molecule has 0 aliphatic rings. The fraction of sp³-hybridized carbons (Fsp3) is 0. The molecular formula is C9H6N6OS. The predicted octanol–water partition coefficient (Wildman–Crippen LogP) is 0.587. The zero-order valence-corrected chi connectivity index (χ0v) is 9.23. The van der Waals surface area contributed by atoms with E-state index in [9.17, 15) is 4.79 Å². The Labute approximate surface area is 98.8 Å². The second kappa shape index (κ2) is 3.98. The van der Waals surface area contributed by atoms with Crippen molar-refractivity contribution in [2.24, 2.45) is 0 Å². The van der Waals surface area contributed by atoms with Gasteiger partial charge in [0.1, 0.15) is 16.9 Å². The first-order chi connectivity index (χ1) is 8.33. The second-order valence-corrected chi connectivity index (χ2v) is 4.15. The fourth-order valence-corrected chi connectivity index (χ4v) is 2.16. The van der Waals surface area contributed by atoms with Crippen molar-refractivity contribution in [3.63, 3.8) is 0 Å². The molecule has 3 aromatic rings. The number of hydrogen-bond acceptors (Lipinski definition) is 6. The standard InChI is InChI=1S/C9H6N6OS/c16-9-10-2-1-5(15-9)17-8-6-7(12-3-11-6)13-4-14-8/h1-4H,(H,10,15,16)(H,11,12,13,14). The van der Waals surface area contributed by atoms with Crippen molar-refractivity contribution in [1.29, 1.82) is 0 Å². The maximum atomic E-state index is 11.1. The van der Waals surface area contributed by atoms with Crippen LogP contribution in [-0.2, 0) is 0 Å². The Morgan fingerprint density at radius 3 is 3.00 bits per heavy atom. The fourth-order valence-electron chi connectivity index (χ4n) is 1.34. The van der Waals surface area contributed by atoms with Crippen LogP contribution in [0.5, 0.6) is 0 Å². The van der Waals surface area contributed by atoms with E-state index in [1.165, 1.54) is 24.3 Å². The molecule has 2 N–H and O–H groups in total. The van der Waals surface area contributed by atoms with Crippen LogP contribution in [0.3, 0.4) is 0 Å². The van der Waals surface area contributed by atoms with Gasteiger partial charge in [-0.15, -0.1) is 0 Å². The third kappa shape index (κ3) is 1.89. The lowest BCUT2D eigenvalue weighted by Gasteiger charge is -2.00. The van der Waals surface area contributed by atoms with Crippen LogP contribution in [0.1, 0.15) is 0 Å². The van der Waals surface area contributed by atoms with E-state index in [-0.39, 0.29) is 5.69 Å². The number of aromatic nitrogens is 6. The maximum absolute atomic E-state index is 11.1. The molecule has 3 rings (SSSR count). The lowest BCUT2D eigenvalue weighted by Crippen LogP contribution is -2.08. The summed E-state index contributed by atoms with van der Waals surface area (Å²) < 4.78 is 0. The van der Waals surface area contributed by atoms with Gasteiger partial charge in [0.25, 0.3) is 0 Å². The molecule has 7 nitrogen and oxygen atoms in total. The molecule has 0 saturated carbocycles. The smallest absolute Gasteiger partial charge is 0.341 e. The van der Waals surface area contributed by atoms with Gasteiger partial charge >= 0.3 is 5.69 Å². The van der Waals surface area contributed by atoms with Crippen LogP contribution in [0, 0.1) is 0 Å². The SMILES string of the molecule is O=c1nccc(Sc2ncnc3nc[nH]c23)[nH]1. The highest BCUT2D eigenvalue weighted by Crippen LogP contribution is 2.26. The molecular weight excluding hydrogens is 240 g/mol. The highest BCUT2D eigenvalue weighted by Gasteiger charge is 2.07. The third-order valence-corrected chi connectivity index (χ3v) is 3.00. The summed E-state index contributed by atoms with van der Waals surface area (Å²) in [5.41, 5.74) is 0.957. The van der Waals surface area contributed by atoms with Gasteiger partial charge in [0.05, 0.1) is 11.4 Å². The van der Waals surface area contributed by atoms with Crippen LogP contribution in [0.2, 0.25) is 0 Å². The van der Waals surface area contributed by atoms with Gasteiger partial charge in [-0.25, -0.2) is 24.7 Å². The van der Waals surface area contributed by atoms with Crippen molar-refractivity contribution in [2.45, 2.75) is 10.1 Å². The average molecular weight is 246 g/mol. The highest BCUT2D eigenvalue weighted by molar-refractivity contribution is 7.99. The lowest BCUT2D eigenvalue weighted by atomic mass is 10.6. The number of imidazole rings is 1. The minimum absolute atomic E-state index is 0.384. The van der Waals surface area contributed by atoms with Gasteiger partial charge in [0.15, 0.2) is 5.65 Å². The van der Waals surface area contributed by atoms with Crippen molar-refractivity contribution in [1.82, 2.24) is 29.9 Å². The van der Waals surface area contributed by atoms with Crippen LogP contribution in [0.4, 0.5) is 0 Å². The zero-order valence-electron chi connectivity index (χ0n) is 8.41. The summed E-state index contributed by atoms with van der Waals surface area (Å²) in [6, 6.07) is 1.70. The number of fused-ring (bicyclic) bond motifs is 1. The molecule has 0 radical (unpaired) electrons. The van der Waals surface area contributed by atoms with Gasteiger partial charge in [-0.05, 0) is 17.8 Å². The van der Waals surface area contributed by atoms with Gasteiger partial charge in [-0.2, -0.15) is 0 Å². The number of hydrogen-bond donors (Lipinski definition) is 2. The lowest BCUT2D eigenvalue weighted by molar-refractivity contribution is 0.974. The number of nitrogens with one attached hydrogen (secondary N) is 2. The van der Waals surface area contributed by atoms with E-state index in [1.807, 2.05) is 0 Å². The van der Waals surface area contributed by atoms with Gasteiger partial charge in [0.2, 0.25) is 0 Å². The van der Waals surface area contributed by atoms with Crippen LogP contribution in [0.15, 0.2) is 39.8 Å². The highest BCUT2D eigenvalue weighted by atomic mass is 32.2. The van der Waals surface area contributed by atoms with Gasteiger partial charge < -0.3 is 9.97 Å². The van der Waals surface area contributed by atoms with Crippen molar-refractivity contribution in [3.8, 4) is 0 Å². The molecule has 3 heterocycles. The summed E-state index contributed by atoms with van der Waals surface area (Å²) in [4.78, 5) is 32.4. The number of H-pyrrole nitrogens is 2. The largest absolute Gasteiger partial charge is 0.345 e. The minimum Gasteiger partial charge on any atom is -0.341 e.